The number of carbonyl (C=O) groups is 1. The van der Waals surface area contributed by atoms with Crippen molar-refractivity contribution < 1.29 is 19.5 Å². The molecule has 4 nitrogen and oxygen atoms in total. The summed E-state index contributed by atoms with van der Waals surface area (Å²) < 4.78 is 0.701. The van der Waals surface area contributed by atoms with E-state index in [-0.39, 0.29) is 6.42 Å². The van der Waals surface area contributed by atoms with E-state index in [0.717, 1.165) is 25.8 Å². The quantitative estimate of drug-likeness (QED) is 0.348. The fraction of sp³-hybridized carbons (Fsp3) is 0.800. The van der Waals surface area contributed by atoms with Gasteiger partial charge in [0, 0.05) is 5.97 Å². The molecule has 0 saturated carbocycles. The minimum absolute atomic E-state index is 0.124. The van der Waals surface area contributed by atoms with Crippen LogP contribution in [0.15, 0.2) is 12.2 Å². The third-order valence-electron chi connectivity index (χ3n) is 3.16. The summed E-state index contributed by atoms with van der Waals surface area (Å²) in [5, 5.41) is 20.2. The Morgan fingerprint density at radius 3 is 2.58 bits per heavy atom. The fourth-order valence-electron chi connectivity index (χ4n) is 2.04. The van der Waals surface area contributed by atoms with E-state index in [0.29, 0.717) is 17.4 Å². The van der Waals surface area contributed by atoms with Crippen LogP contribution in [0.25, 0.3) is 0 Å². The number of aliphatic hydroxyl groups is 1. The zero-order chi connectivity index (χ0) is 14.7. The number of aliphatic carboxylic acids is 1. The molecule has 0 heterocycles. The molecule has 0 spiro atoms. The summed E-state index contributed by atoms with van der Waals surface area (Å²) in [4.78, 5) is 10.3. The molecule has 0 fully saturated rings. The number of allylic oxidation sites excluding steroid dienone is 1. The molecule has 0 amide bonds. The highest BCUT2D eigenvalue weighted by Gasteiger charge is 2.18. The summed E-state index contributed by atoms with van der Waals surface area (Å²) in [6, 6.07) is 0. The van der Waals surface area contributed by atoms with Crippen molar-refractivity contribution in [2.75, 3.05) is 27.2 Å². The van der Waals surface area contributed by atoms with E-state index in [1.54, 1.807) is 0 Å². The Bertz CT molecular complexity index is 275. The van der Waals surface area contributed by atoms with Gasteiger partial charge in [0.05, 0.1) is 20.6 Å². The maximum atomic E-state index is 10.3. The molecule has 0 aliphatic carbocycles. The molecule has 0 aliphatic heterocycles. The minimum Gasteiger partial charge on any atom is -0.550 e. The van der Waals surface area contributed by atoms with Crippen LogP contribution in [0.1, 0.15) is 45.4 Å². The van der Waals surface area contributed by atoms with E-state index in [1.807, 2.05) is 12.2 Å². The number of carbonyl (C=O) groups excluding carboxylic acids is 1. The molecule has 4 heteroatoms. The van der Waals surface area contributed by atoms with Gasteiger partial charge in [0.2, 0.25) is 0 Å². The Morgan fingerprint density at radius 1 is 1.32 bits per heavy atom. The monoisotopic (exact) mass is 271 g/mol. The van der Waals surface area contributed by atoms with Gasteiger partial charge in [0.25, 0.3) is 0 Å². The largest absolute Gasteiger partial charge is 0.550 e. The number of likely N-dealkylation sites (N-methyl/N-ethyl adjacent to an activating group) is 1. The van der Waals surface area contributed by atoms with Gasteiger partial charge in [0.1, 0.15) is 12.6 Å². The van der Waals surface area contributed by atoms with Gasteiger partial charge in [-0.2, -0.15) is 0 Å². The maximum absolute atomic E-state index is 10.3. The topological polar surface area (TPSA) is 60.4 Å². The SMILES string of the molecule is CCCC/C=C/C(O)C[N+](C)(C)CCCCC(=O)[O-]. The Hall–Kier alpha value is -0.870. The summed E-state index contributed by atoms with van der Waals surface area (Å²) in [6.07, 6.45) is 8.45. The summed E-state index contributed by atoms with van der Waals surface area (Å²) in [7, 11) is 4.12. The Labute approximate surface area is 117 Å². The van der Waals surface area contributed by atoms with Crippen molar-refractivity contribution >= 4 is 5.97 Å². The number of nitrogens with zero attached hydrogens (tertiary/aromatic N) is 1. The first-order valence-corrected chi connectivity index (χ1v) is 7.24. The highest BCUT2D eigenvalue weighted by atomic mass is 16.4. The standard InChI is InChI=1S/C15H29NO3/c1-4-5-6-7-10-14(17)13-16(2,3)12-9-8-11-15(18)19/h7,10,14,17H,4-6,8-9,11-13H2,1-3H3/b10-7+. The van der Waals surface area contributed by atoms with Crippen LogP contribution in [-0.4, -0.2) is 48.8 Å². The summed E-state index contributed by atoms with van der Waals surface area (Å²) in [5.41, 5.74) is 0. The molecule has 0 saturated heterocycles. The number of aliphatic hydroxyl groups excluding tert-OH is 1. The third kappa shape index (κ3) is 11.9. The van der Waals surface area contributed by atoms with E-state index in [4.69, 9.17) is 0 Å². The van der Waals surface area contributed by atoms with Crippen LogP contribution in [-0.2, 0) is 4.79 Å². The second-order valence-corrected chi connectivity index (χ2v) is 5.81. The molecule has 0 radical (unpaired) electrons. The molecule has 1 atom stereocenters. The van der Waals surface area contributed by atoms with E-state index < -0.39 is 12.1 Å². The molecule has 0 aliphatic rings. The molecule has 1 unspecified atom stereocenters. The first kappa shape index (κ1) is 18.1. The number of hydrogen-bond acceptors (Lipinski definition) is 3. The lowest BCUT2D eigenvalue weighted by atomic mass is 10.2. The van der Waals surface area contributed by atoms with Crippen LogP contribution in [0, 0.1) is 0 Å². The molecular formula is C15H29NO3. The number of quaternary nitrogens is 1. The van der Waals surface area contributed by atoms with E-state index >= 15 is 0 Å². The Morgan fingerprint density at radius 2 is 2.00 bits per heavy atom. The number of carboxylic acid groups (broad SMARTS) is 1. The van der Waals surface area contributed by atoms with Crippen molar-refractivity contribution in [3.8, 4) is 0 Å². The zero-order valence-corrected chi connectivity index (χ0v) is 12.6. The number of hydrogen-bond donors (Lipinski definition) is 1. The van der Waals surface area contributed by atoms with Crippen molar-refractivity contribution in [1.82, 2.24) is 0 Å². The molecule has 112 valence electrons. The van der Waals surface area contributed by atoms with Crippen molar-refractivity contribution in [2.45, 2.75) is 51.6 Å². The lowest BCUT2D eigenvalue weighted by Gasteiger charge is -2.31. The van der Waals surface area contributed by atoms with Crippen LogP contribution in [0.2, 0.25) is 0 Å². The smallest absolute Gasteiger partial charge is 0.121 e. The van der Waals surface area contributed by atoms with Crippen molar-refractivity contribution in [3.05, 3.63) is 12.2 Å². The summed E-state index contributed by atoms with van der Waals surface area (Å²) >= 11 is 0. The Kier molecular flexibility index (Phi) is 9.53. The second kappa shape index (κ2) is 9.98. The van der Waals surface area contributed by atoms with Gasteiger partial charge in [0.15, 0.2) is 0 Å². The average molecular weight is 271 g/mol. The predicted molar refractivity (Wildman–Crippen MR) is 75.4 cm³/mol. The average Bonchev–Trinajstić information content (AvgIpc) is 2.29. The summed E-state index contributed by atoms with van der Waals surface area (Å²) in [6.45, 7) is 3.68. The van der Waals surface area contributed by atoms with Crippen LogP contribution >= 0.6 is 0 Å². The first-order valence-electron chi connectivity index (χ1n) is 7.24. The van der Waals surface area contributed by atoms with Gasteiger partial charge < -0.3 is 19.5 Å². The maximum Gasteiger partial charge on any atom is 0.121 e. The molecule has 0 aromatic heterocycles. The summed E-state index contributed by atoms with van der Waals surface area (Å²) in [5.74, 6) is -0.982. The molecular weight excluding hydrogens is 242 g/mol. The molecule has 19 heavy (non-hydrogen) atoms. The highest BCUT2D eigenvalue weighted by molar-refractivity contribution is 5.64. The lowest BCUT2D eigenvalue weighted by molar-refractivity contribution is -0.892. The van der Waals surface area contributed by atoms with Gasteiger partial charge in [-0.25, -0.2) is 0 Å². The van der Waals surface area contributed by atoms with Gasteiger partial charge >= 0.3 is 0 Å². The van der Waals surface area contributed by atoms with E-state index in [9.17, 15) is 15.0 Å². The van der Waals surface area contributed by atoms with Crippen LogP contribution < -0.4 is 5.11 Å². The minimum atomic E-state index is -0.982. The van der Waals surface area contributed by atoms with Gasteiger partial charge in [-0.15, -0.1) is 0 Å². The third-order valence-corrected chi connectivity index (χ3v) is 3.16. The van der Waals surface area contributed by atoms with Crippen molar-refractivity contribution in [3.63, 3.8) is 0 Å². The Balaban J connectivity index is 3.86. The van der Waals surface area contributed by atoms with Gasteiger partial charge in [-0.3, -0.25) is 0 Å². The highest BCUT2D eigenvalue weighted by Crippen LogP contribution is 2.06. The second-order valence-electron chi connectivity index (χ2n) is 5.81. The van der Waals surface area contributed by atoms with E-state index in [1.165, 1.54) is 6.42 Å². The lowest BCUT2D eigenvalue weighted by Crippen LogP contribution is -2.45. The molecule has 0 aromatic carbocycles. The normalized spacial score (nSPS) is 13.9. The zero-order valence-electron chi connectivity index (χ0n) is 12.6. The molecule has 1 N–H and O–H groups in total. The van der Waals surface area contributed by atoms with Gasteiger partial charge in [-0.05, 0) is 25.7 Å². The van der Waals surface area contributed by atoms with Crippen LogP contribution in [0.5, 0.6) is 0 Å². The number of rotatable bonds is 11. The fourth-order valence-corrected chi connectivity index (χ4v) is 2.04. The van der Waals surface area contributed by atoms with Gasteiger partial charge in [-0.1, -0.05) is 31.9 Å². The van der Waals surface area contributed by atoms with Crippen LogP contribution in [0.3, 0.4) is 0 Å². The van der Waals surface area contributed by atoms with Crippen LogP contribution in [0.4, 0.5) is 0 Å². The molecule has 0 aromatic rings. The van der Waals surface area contributed by atoms with Crippen molar-refractivity contribution in [1.29, 1.82) is 0 Å². The van der Waals surface area contributed by atoms with E-state index in [2.05, 4.69) is 21.0 Å². The number of carboxylic acids is 1. The molecule has 0 bridgehead atoms. The van der Waals surface area contributed by atoms with Crippen molar-refractivity contribution in [2.24, 2.45) is 0 Å². The first-order chi connectivity index (χ1) is 8.87. The number of unbranched alkanes of at least 4 members (excludes halogenated alkanes) is 3. The molecule has 0 rings (SSSR count). The predicted octanol–water partition coefficient (Wildman–Crippen LogP) is 1.09.